The van der Waals surface area contributed by atoms with Crippen molar-refractivity contribution < 1.29 is 4.57 Å². The van der Waals surface area contributed by atoms with Crippen LogP contribution in [0.5, 0.6) is 0 Å². The van der Waals surface area contributed by atoms with Crippen LogP contribution in [0.15, 0.2) is 54.6 Å². The second kappa shape index (κ2) is 3.42. The summed E-state index contributed by atoms with van der Waals surface area (Å²) in [5.74, 6) is 0. The molecule has 0 radical (unpaired) electrons. The molecule has 1 aromatic heterocycles. The van der Waals surface area contributed by atoms with Crippen LogP contribution in [0.1, 0.15) is 11.1 Å². The van der Waals surface area contributed by atoms with E-state index in [1.807, 2.05) is 0 Å². The Morgan fingerprint density at radius 1 is 0.944 bits per heavy atom. The molecular weight excluding hydrogens is 218 g/mol. The SMILES string of the molecule is Cc1ccc2c(c1)-c1ccc3ccccc3[n+]1C2. The van der Waals surface area contributed by atoms with Gasteiger partial charge in [-0.1, -0.05) is 29.8 Å². The molecule has 0 bridgehead atoms. The van der Waals surface area contributed by atoms with Gasteiger partial charge in [0.25, 0.3) is 0 Å². The first-order chi connectivity index (χ1) is 8.83. The molecule has 0 N–H and O–H groups in total. The first kappa shape index (κ1) is 9.84. The standard InChI is InChI=1S/C17H14N/c1-12-6-7-14-11-18-16-5-3-2-4-13(16)8-9-17(18)15(14)10-12/h2-10H,11H2,1H3/q+1. The van der Waals surface area contributed by atoms with Crippen molar-refractivity contribution in [1.82, 2.24) is 0 Å². The van der Waals surface area contributed by atoms with Gasteiger partial charge in [-0.15, -0.1) is 0 Å². The molecule has 4 rings (SSSR count). The highest BCUT2D eigenvalue weighted by Gasteiger charge is 2.27. The molecule has 0 amide bonds. The fourth-order valence-electron chi connectivity index (χ4n) is 2.91. The Hall–Kier alpha value is -2.15. The topological polar surface area (TPSA) is 3.88 Å². The van der Waals surface area contributed by atoms with Crippen LogP contribution >= 0.6 is 0 Å². The van der Waals surface area contributed by atoms with Crippen LogP contribution in [0.2, 0.25) is 0 Å². The second-order valence-corrected chi connectivity index (χ2v) is 5.02. The zero-order chi connectivity index (χ0) is 12.1. The van der Waals surface area contributed by atoms with E-state index < -0.39 is 0 Å². The summed E-state index contributed by atoms with van der Waals surface area (Å²) in [5.41, 5.74) is 6.81. The van der Waals surface area contributed by atoms with E-state index in [-0.39, 0.29) is 0 Å². The summed E-state index contributed by atoms with van der Waals surface area (Å²) in [6.07, 6.45) is 0. The minimum absolute atomic E-state index is 0.992. The number of benzene rings is 2. The second-order valence-electron chi connectivity index (χ2n) is 5.02. The number of hydrogen-bond acceptors (Lipinski definition) is 0. The molecule has 0 fully saturated rings. The normalized spacial score (nSPS) is 12.5. The van der Waals surface area contributed by atoms with Gasteiger partial charge >= 0.3 is 0 Å². The van der Waals surface area contributed by atoms with Crippen LogP contribution in [0.3, 0.4) is 0 Å². The van der Waals surface area contributed by atoms with Gasteiger partial charge < -0.3 is 0 Å². The van der Waals surface area contributed by atoms with Gasteiger partial charge in [-0.3, -0.25) is 0 Å². The van der Waals surface area contributed by atoms with Crippen LogP contribution in [0.4, 0.5) is 0 Å². The van der Waals surface area contributed by atoms with E-state index in [0.29, 0.717) is 0 Å². The number of rotatable bonds is 0. The molecule has 0 aliphatic carbocycles. The molecule has 0 saturated heterocycles. The maximum Gasteiger partial charge on any atom is 0.213 e. The van der Waals surface area contributed by atoms with Crippen molar-refractivity contribution in [3.8, 4) is 11.3 Å². The van der Waals surface area contributed by atoms with Crippen LogP contribution in [0.25, 0.3) is 22.2 Å². The third kappa shape index (κ3) is 1.25. The third-order valence-corrected chi connectivity index (χ3v) is 3.81. The summed E-state index contributed by atoms with van der Waals surface area (Å²) >= 11 is 0. The van der Waals surface area contributed by atoms with Crippen molar-refractivity contribution in [3.05, 3.63) is 65.7 Å². The maximum atomic E-state index is 2.42. The number of para-hydroxylation sites is 1. The Bertz CT molecular complexity index is 772. The first-order valence-electron chi connectivity index (χ1n) is 6.34. The van der Waals surface area contributed by atoms with Gasteiger partial charge in [0.1, 0.15) is 0 Å². The van der Waals surface area contributed by atoms with E-state index in [4.69, 9.17) is 0 Å². The molecule has 1 heteroatoms. The largest absolute Gasteiger partial charge is 0.213 e. The Balaban J connectivity index is 2.08. The van der Waals surface area contributed by atoms with Crippen LogP contribution in [-0.2, 0) is 6.54 Å². The van der Waals surface area contributed by atoms with Gasteiger partial charge in [-0.05, 0) is 25.1 Å². The molecule has 2 heterocycles. The molecule has 86 valence electrons. The summed E-state index contributed by atoms with van der Waals surface area (Å²) < 4.78 is 2.42. The lowest BCUT2D eigenvalue weighted by Gasteiger charge is -1.99. The predicted molar refractivity (Wildman–Crippen MR) is 73.4 cm³/mol. The van der Waals surface area contributed by atoms with Crippen molar-refractivity contribution in [3.63, 3.8) is 0 Å². The van der Waals surface area contributed by atoms with E-state index in [0.717, 1.165) is 6.54 Å². The molecule has 0 atom stereocenters. The Morgan fingerprint density at radius 2 is 1.83 bits per heavy atom. The number of nitrogens with zero attached hydrogens (tertiary/aromatic N) is 1. The van der Waals surface area contributed by atoms with E-state index in [1.165, 1.54) is 33.3 Å². The lowest BCUT2D eigenvalue weighted by molar-refractivity contribution is -0.645. The minimum atomic E-state index is 0.992. The quantitative estimate of drug-likeness (QED) is 0.409. The van der Waals surface area contributed by atoms with Gasteiger partial charge in [0, 0.05) is 23.1 Å². The van der Waals surface area contributed by atoms with Gasteiger partial charge in [-0.25, -0.2) is 0 Å². The molecule has 1 aliphatic heterocycles. The lowest BCUT2D eigenvalue weighted by atomic mass is 10.0. The lowest BCUT2D eigenvalue weighted by Crippen LogP contribution is -2.33. The minimum Gasteiger partial charge on any atom is -0.187 e. The zero-order valence-corrected chi connectivity index (χ0v) is 10.4. The summed E-state index contributed by atoms with van der Waals surface area (Å²) in [5, 5.41) is 1.31. The third-order valence-electron chi connectivity index (χ3n) is 3.81. The summed E-state index contributed by atoms with van der Waals surface area (Å²) in [6, 6.07) is 19.8. The highest BCUT2D eigenvalue weighted by atomic mass is 15.0. The van der Waals surface area contributed by atoms with Crippen molar-refractivity contribution >= 4 is 10.9 Å². The number of aryl methyl sites for hydroxylation is 1. The Kier molecular flexibility index (Phi) is 1.87. The highest BCUT2D eigenvalue weighted by Crippen LogP contribution is 2.29. The zero-order valence-electron chi connectivity index (χ0n) is 10.4. The highest BCUT2D eigenvalue weighted by molar-refractivity contribution is 5.78. The number of pyridine rings is 1. The molecule has 1 nitrogen and oxygen atoms in total. The number of hydrogen-bond donors (Lipinski definition) is 0. The van der Waals surface area contributed by atoms with Crippen molar-refractivity contribution in [2.75, 3.05) is 0 Å². The molecule has 18 heavy (non-hydrogen) atoms. The molecule has 3 aromatic rings. The van der Waals surface area contributed by atoms with Crippen molar-refractivity contribution in [1.29, 1.82) is 0 Å². The number of aromatic nitrogens is 1. The average Bonchev–Trinajstić information content (AvgIpc) is 2.77. The predicted octanol–water partition coefficient (Wildman–Crippen LogP) is 3.46. The molecule has 2 aromatic carbocycles. The molecule has 0 saturated carbocycles. The average molecular weight is 232 g/mol. The van der Waals surface area contributed by atoms with Gasteiger partial charge in [-0.2, -0.15) is 4.57 Å². The molecule has 0 unspecified atom stereocenters. The molecule has 1 aliphatic rings. The molecule has 0 spiro atoms. The Labute approximate surface area is 106 Å². The number of fused-ring (bicyclic) bond motifs is 5. The van der Waals surface area contributed by atoms with Crippen LogP contribution < -0.4 is 4.57 Å². The fourth-order valence-corrected chi connectivity index (χ4v) is 2.91. The van der Waals surface area contributed by atoms with Gasteiger partial charge in [0.05, 0.1) is 5.56 Å². The van der Waals surface area contributed by atoms with E-state index >= 15 is 0 Å². The monoisotopic (exact) mass is 232 g/mol. The van der Waals surface area contributed by atoms with Gasteiger partial charge in [0.2, 0.25) is 11.2 Å². The van der Waals surface area contributed by atoms with Crippen LogP contribution in [0, 0.1) is 6.92 Å². The maximum absolute atomic E-state index is 2.42. The van der Waals surface area contributed by atoms with E-state index in [1.54, 1.807) is 0 Å². The van der Waals surface area contributed by atoms with Crippen LogP contribution in [-0.4, -0.2) is 0 Å². The van der Waals surface area contributed by atoms with Crippen molar-refractivity contribution in [2.45, 2.75) is 13.5 Å². The van der Waals surface area contributed by atoms with Gasteiger partial charge in [0.15, 0.2) is 6.54 Å². The fraction of sp³-hybridized carbons (Fsp3) is 0.118. The smallest absolute Gasteiger partial charge is 0.187 e. The summed E-state index contributed by atoms with van der Waals surface area (Å²) in [6.45, 7) is 3.15. The summed E-state index contributed by atoms with van der Waals surface area (Å²) in [7, 11) is 0. The van der Waals surface area contributed by atoms with E-state index in [9.17, 15) is 0 Å². The first-order valence-corrected chi connectivity index (χ1v) is 6.34. The molecular formula is C17H14N+. The van der Waals surface area contributed by atoms with E-state index in [2.05, 4.69) is 66.1 Å². The van der Waals surface area contributed by atoms with Crippen molar-refractivity contribution in [2.24, 2.45) is 0 Å². The summed E-state index contributed by atoms with van der Waals surface area (Å²) in [4.78, 5) is 0. The Morgan fingerprint density at radius 3 is 2.78 bits per heavy atom.